The molecule has 3 atom stereocenters. The molecule has 1 fully saturated rings. The highest BCUT2D eigenvalue weighted by Gasteiger charge is 2.33. The number of rotatable bonds is 3. The zero-order chi connectivity index (χ0) is 17.0. The molecule has 1 aromatic rings. The van der Waals surface area contributed by atoms with E-state index in [0.717, 1.165) is 11.3 Å². The molecule has 0 saturated carbocycles. The molecule has 7 heteroatoms. The predicted octanol–water partition coefficient (Wildman–Crippen LogP) is 0.951. The van der Waals surface area contributed by atoms with Gasteiger partial charge in [-0.3, -0.25) is 10.1 Å². The van der Waals surface area contributed by atoms with Crippen LogP contribution in [0.5, 0.6) is 0 Å². The monoisotopic (exact) mass is 314 g/mol. The van der Waals surface area contributed by atoms with E-state index in [2.05, 4.69) is 20.9 Å². The Labute approximate surface area is 136 Å². The minimum Gasteiger partial charge on any atom is -0.370 e. The smallest absolute Gasteiger partial charge is 0.228 e. The lowest BCUT2D eigenvalue weighted by Crippen LogP contribution is -2.60. The van der Waals surface area contributed by atoms with Crippen LogP contribution in [0, 0.1) is 31.1 Å². The summed E-state index contributed by atoms with van der Waals surface area (Å²) < 4.78 is 0. The molecule has 1 aliphatic heterocycles. The van der Waals surface area contributed by atoms with Crippen molar-refractivity contribution in [3.8, 4) is 6.07 Å². The lowest BCUT2D eigenvalue weighted by molar-refractivity contribution is -0.129. The molecule has 2 rings (SSSR count). The number of guanidine groups is 1. The van der Waals surface area contributed by atoms with Gasteiger partial charge in [-0.25, -0.2) is 4.99 Å². The van der Waals surface area contributed by atoms with E-state index >= 15 is 0 Å². The number of nitrogens with two attached hydrogens (primary N) is 1. The molecule has 3 unspecified atom stereocenters. The molecule has 122 valence electrons. The summed E-state index contributed by atoms with van der Waals surface area (Å²) >= 11 is 0. The van der Waals surface area contributed by atoms with Gasteiger partial charge in [0.25, 0.3) is 0 Å². The fourth-order valence-corrected chi connectivity index (χ4v) is 2.45. The summed E-state index contributed by atoms with van der Waals surface area (Å²) in [6, 6.07) is 7.78. The predicted molar refractivity (Wildman–Crippen MR) is 89.4 cm³/mol. The second-order valence-electron chi connectivity index (χ2n) is 5.77. The molecule has 1 heterocycles. The summed E-state index contributed by atoms with van der Waals surface area (Å²) in [6.07, 6.45) is -0.432. The summed E-state index contributed by atoms with van der Waals surface area (Å²) in [5.41, 5.74) is 9.10. The molecule has 0 radical (unpaired) electrons. The van der Waals surface area contributed by atoms with Crippen LogP contribution in [-0.4, -0.2) is 24.2 Å². The molecule has 1 aliphatic rings. The Balaban J connectivity index is 2.02. The molecule has 0 bridgehead atoms. The van der Waals surface area contributed by atoms with Crippen molar-refractivity contribution in [1.82, 2.24) is 10.6 Å². The zero-order valence-electron chi connectivity index (χ0n) is 13.6. The summed E-state index contributed by atoms with van der Waals surface area (Å²) in [5.74, 6) is -0.358. The maximum absolute atomic E-state index is 12.0. The maximum Gasteiger partial charge on any atom is 0.228 e. The number of anilines is 1. The first-order chi connectivity index (χ1) is 10.9. The number of hydrogen-bond donors (Lipinski definition) is 4. The van der Waals surface area contributed by atoms with Gasteiger partial charge < -0.3 is 16.4 Å². The number of carbonyl (C=O) groups excluding carboxylic acids is 1. The lowest BCUT2D eigenvalue weighted by atomic mass is 9.95. The third-order valence-corrected chi connectivity index (χ3v) is 4.00. The van der Waals surface area contributed by atoms with Gasteiger partial charge in [-0.1, -0.05) is 6.07 Å². The highest BCUT2D eigenvalue weighted by molar-refractivity contribution is 5.92. The highest BCUT2D eigenvalue weighted by atomic mass is 16.2. The molecule has 0 spiro atoms. The molecule has 1 aromatic carbocycles. The molecular formula is C16H22N6O. The van der Waals surface area contributed by atoms with Crippen LogP contribution in [0.4, 0.5) is 5.69 Å². The molecule has 0 aliphatic carbocycles. The van der Waals surface area contributed by atoms with Crippen LogP contribution < -0.4 is 21.7 Å². The number of hydrogen-bond acceptors (Lipinski definition) is 4. The van der Waals surface area contributed by atoms with E-state index in [9.17, 15) is 4.79 Å². The summed E-state index contributed by atoms with van der Waals surface area (Å²) in [6.45, 7) is 5.92. The van der Waals surface area contributed by atoms with E-state index in [1.165, 1.54) is 5.56 Å². The van der Waals surface area contributed by atoms with Crippen molar-refractivity contribution < 1.29 is 4.79 Å². The number of amides is 1. The molecule has 7 nitrogen and oxygen atoms in total. The molecular weight excluding hydrogens is 292 g/mol. The maximum atomic E-state index is 12.0. The van der Waals surface area contributed by atoms with Crippen LogP contribution in [0.25, 0.3) is 0 Å². The van der Waals surface area contributed by atoms with Crippen LogP contribution in [0.15, 0.2) is 23.2 Å². The van der Waals surface area contributed by atoms with Crippen LogP contribution in [0.3, 0.4) is 0 Å². The topological polar surface area (TPSA) is 115 Å². The fourth-order valence-electron chi connectivity index (χ4n) is 2.45. The summed E-state index contributed by atoms with van der Waals surface area (Å²) in [7, 11) is 0. The van der Waals surface area contributed by atoms with Crippen molar-refractivity contribution in [2.24, 2.45) is 16.6 Å². The zero-order valence-corrected chi connectivity index (χ0v) is 13.6. The van der Waals surface area contributed by atoms with Crippen molar-refractivity contribution in [3.63, 3.8) is 0 Å². The Morgan fingerprint density at radius 3 is 2.78 bits per heavy atom. The standard InChI is InChI=1S/C16H22N6O/c1-9-4-5-12(8-10(9)2)20-15(18)22-16-19-11(3)13(6-7-17)14(23)21-16/h4-5,8,11,13,16,19H,6H2,1-3H3,(H,21,23)(H3,18,20,22). The van der Waals surface area contributed by atoms with E-state index in [-0.39, 0.29) is 30.2 Å². The number of aliphatic imine (C=N–C) groups is 1. The highest BCUT2D eigenvalue weighted by Crippen LogP contribution is 2.15. The van der Waals surface area contributed by atoms with Crippen molar-refractivity contribution >= 4 is 17.6 Å². The minimum atomic E-state index is -0.605. The Morgan fingerprint density at radius 1 is 1.43 bits per heavy atom. The second-order valence-corrected chi connectivity index (χ2v) is 5.77. The van der Waals surface area contributed by atoms with Gasteiger partial charge in [0, 0.05) is 18.2 Å². The molecule has 1 saturated heterocycles. The van der Waals surface area contributed by atoms with Gasteiger partial charge in [-0.05, 0) is 44.0 Å². The minimum absolute atomic E-state index is 0.147. The second kappa shape index (κ2) is 7.11. The van der Waals surface area contributed by atoms with E-state index in [4.69, 9.17) is 11.0 Å². The number of nitrogens with zero attached hydrogens (tertiary/aromatic N) is 2. The number of aryl methyl sites for hydroxylation is 2. The fraction of sp³-hybridized carbons (Fsp3) is 0.438. The SMILES string of the molecule is Cc1ccc(N/C(N)=N/C2NC(=O)C(CC#N)C(C)N2)cc1C. The van der Waals surface area contributed by atoms with E-state index in [1.807, 2.05) is 45.0 Å². The number of carbonyl (C=O) groups is 1. The summed E-state index contributed by atoms with van der Waals surface area (Å²) in [4.78, 5) is 16.2. The van der Waals surface area contributed by atoms with Gasteiger partial charge in [0.2, 0.25) is 5.91 Å². The van der Waals surface area contributed by atoms with E-state index < -0.39 is 6.29 Å². The first kappa shape index (κ1) is 16.8. The van der Waals surface area contributed by atoms with E-state index in [0.29, 0.717) is 0 Å². The van der Waals surface area contributed by atoms with Crippen molar-refractivity contribution in [2.75, 3.05) is 5.32 Å². The number of benzene rings is 1. The average Bonchev–Trinajstić information content (AvgIpc) is 2.47. The normalized spacial score (nSPS) is 24.7. The van der Waals surface area contributed by atoms with Crippen LogP contribution in [0.2, 0.25) is 0 Å². The van der Waals surface area contributed by atoms with Gasteiger partial charge >= 0.3 is 0 Å². The van der Waals surface area contributed by atoms with Gasteiger partial charge in [-0.2, -0.15) is 5.26 Å². The third-order valence-electron chi connectivity index (χ3n) is 4.00. The number of nitrogens with one attached hydrogen (secondary N) is 3. The quantitative estimate of drug-likeness (QED) is 0.490. The lowest BCUT2D eigenvalue weighted by Gasteiger charge is -2.32. The van der Waals surface area contributed by atoms with Crippen molar-refractivity contribution in [2.45, 2.75) is 39.5 Å². The Bertz CT molecular complexity index is 663. The molecule has 0 aromatic heterocycles. The molecule has 1 amide bonds. The molecule has 23 heavy (non-hydrogen) atoms. The Kier molecular flexibility index (Phi) is 5.19. The van der Waals surface area contributed by atoms with Crippen molar-refractivity contribution in [1.29, 1.82) is 5.26 Å². The van der Waals surface area contributed by atoms with Crippen LogP contribution in [-0.2, 0) is 4.79 Å². The van der Waals surface area contributed by atoms with Crippen LogP contribution >= 0.6 is 0 Å². The van der Waals surface area contributed by atoms with Gasteiger partial charge in [0.1, 0.15) is 0 Å². The average molecular weight is 314 g/mol. The van der Waals surface area contributed by atoms with Crippen LogP contribution in [0.1, 0.15) is 24.5 Å². The number of nitriles is 1. The van der Waals surface area contributed by atoms with Gasteiger partial charge in [0.05, 0.1) is 12.0 Å². The first-order valence-electron chi connectivity index (χ1n) is 7.51. The third kappa shape index (κ3) is 4.20. The van der Waals surface area contributed by atoms with Gasteiger partial charge in [0.15, 0.2) is 12.2 Å². The Hall–Kier alpha value is -2.59. The first-order valence-corrected chi connectivity index (χ1v) is 7.51. The van der Waals surface area contributed by atoms with Gasteiger partial charge in [-0.15, -0.1) is 0 Å². The Morgan fingerprint density at radius 2 is 2.17 bits per heavy atom. The molecule has 5 N–H and O–H groups in total. The van der Waals surface area contributed by atoms with E-state index in [1.54, 1.807) is 0 Å². The summed E-state index contributed by atoms with van der Waals surface area (Å²) in [5, 5.41) is 17.6. The largest absolute Gasteiger partial charge is 0.370 e. The van der Waals surface area contributed by atoms with Crippen molar-refractivity contribution in [3.05, 3.63) is 29.3 Å².